The molecule has 2 saturated carbocycles. The van der Waals surface area contributed by atoms with E-state index in [-0.39, 0.29) is 24.1 Å². The summed E-state index contributed by atoms with van der Waals surface area (Å²) in [7, 11) is 1.80. The van der Waals surface area contributed by atoms with E-state index in [2.05, 4.69) is 25.3 Å². The molecule has 2 atom stereocenters. The van der Waals surface area contributed by atoms with Gasteiger partial charge in [-0.05, 0) is 37.8 Å². The summed E-state index contributed by atoms with van der Waals surface area (Å²) in [5.41, 5.74) is 3.24. The van der Waals surface area contributed by atoms with Gasteiger partial charge in [0.2, 0.25) is 0 Å². The van der Waals surface area contributed by atoms with Crippen molar-refractivity contribution < 1.29 is 15.0 Å². The van der Waals surface area contributed by atoms with E-state index in [1.807, 2.05) is 24.4 Å². The third-order valence-electron chi connectivity index (χ3n) is 6.87. The van der Waals surface area contributed by atoms with Crippen molar-refractivity contribution >= 4 is 28.4 Å². The number of nitrogens with zero attached hydrogens (tertiary/aromatic N) is 5. The highest BCUT2D eigenvalue weighted by Gasteiger charge is 2.32. The molecule has 0 aromatic carbocycles. The maximum absolute atomic E-state index is 12.9. The predicted molar refractivity (Wildman–Crippen MR) is 122 cm³/mol. The summed E-state index contributed by atoms with van der Waals surface area (Å²) in [6.07, 6.45) is 7.39. The van der Waals surface area contributed by atoms with E-state index in [4.69, 9.17) is 4.98 Å². The van der Waals surface area contributed by atoms with E-state index in [0.29, 0.717) is 42.0 Å². The number of aromatic nitrogens is 5. The summed E-state index contributed by atoms with van der Waals surface area (Å²) < 4.78 is 3.72. The number of fused-ring (bicyclic) bond motifs is 2. The van der Waals surface area contributed by atoms with Crippen LogP contribution in [0.3, 0.4) is 0 Å². The van der Waals surface area contributed by atoms with Crippen LogP contribution in [-0.2, 0) is 0 Å². The molecule has 1 unspecified atom stereocenters. The summed E-state index contributed by atoms with van der Waals surface area (Å²) in [6.45, 7) is 0. The maximum Gasteiger partial charge on any atom is 0.257 e. The number of aliphatic hydroxyl groups is 2. The minimum Gasteiger partial charge on any atom is -0.393 e. The summed E-state index contributed by atoms with van der Waals surface area (Å²) in [6, 6.07) is 5.77. The number of carbonyl (C=O) groups excluding carboxylic acids is 1. The summed E-state index contributed by atoms with van der Waals surface area (Å²) in [5.74, 6) is 0.398. The fourth-order valence-corrected chi connectivity index (χ4v) is 4.69. The topological polar surface area (TPSA) is 130 Å². The zero-order valence-corrected chi connectivity index (χ0v) is 18.1. The van der Waals surface area contributed by atoms with Crippen LogP contribution in [-0.4, -0.2) is 65.6 Å². The molecule has 2 aliphatic rings. The van der Waals surface area contributed by atoms with Gasteiger partial charge in [0.15, 0.2) is 5.65 Å². The molecular formula is C23H25N7O3. The molecule has 1 amide bonds. The van der Waals surface area contributed by atoms with Crippen molar-refractivity contribution in [3.05, 3.63) is 42.4 Å². The maximum atomic E-state index is 12.9. The predicted octanol–water partition coefficient (Wildman–Crippen LogP) is 1.74. The highest BCUT2D eigenvalue weighted by atomic mass is 16.3. The molecule has 0 spiro atoms. The monoisotopic (exact) mass is 447 g/mol. The van der Waals surface area contributed by atoms with Crippen LogP contribution in [0.2, 0.25) is 0 Å². The van der Waals surface area contributed by atoms with Gasteiger partial charge in [-0.25, -0.2) is 9.97 Å². The first kappa shape index (κ1) is 20.1. The second-order valence-corrected chi connectivity index (χ2v) is 8.90. The lowest BCUT2D eigenvalue weighted by molar-refractivity contribution is 0.0448. The van der Waals surface area contributed by atoms with Crippen molar-refractivity contribution in [2.24, 2.45) is 0 Å². The number of aliphatic hydroxyl groups excluding tert-OH is 2. The lowest BCUT2D eigenvalue weighted by Crippen LogP contribution is -2.50. The molecule has 4 N–H and O–H groups in total. The van der Waals surface area contributed by atoms with Crippen molar-refractivity contribution in [1.29, 1.82) is 0 Å². The van der Waals surface area contributed by atoms with Crippen molar-refractivity contribution in [3.63, 3.8) is 0 Å². The van der Waals surface area contributed by atoms with Gasteiger partial charge in [-0.1, -0.05) is 0 Å². The van der Waals surface area contributed by atoms with E-state index in [9.17, 15) is 15.0 Å². The van der Waals surface area contributed by atoms with Crippen molar-refractivity contribution in [1.82, 2.24) is 29.5 Å². The number of amides is 1. The molecule has 10 nitrogen and oxygen atoms in total. The van der Waals surface area contributed by atoms with Gasteiger partial charge in [0.05, 0.1) is 30.1 Å². The standard InChI is InChI=1S/C23H25N7O3/c1-24-20-9-18(16-11-29(12-7-13(31)8-12)21-14(16)3-2-6-25-21)27-22-15(10-26-30(20)22)23(33)28-17-4-5-19(17)32/h2-3,6,9-13,17,19,24,31-32H,4-5,7-8H2,1H3,(H,28,33)/t12?,13?,17?,19-/m1/s1. The second kappa shape index (κ2) is 7.53. The zero-order chi connectivity index (χ0) is 22.7. The highest BCUT2D eigenvalue weighted by molar-refractivity contribution is 6.01. The summed E-state index contributed by atoms with van der Waals surface area (Å²) in [5, 5.41) is 31.0. The largest absolute Gasteiger partial charge is 0.393 e. The third-order valence-corrected chi connectivity index (χ3v) is 6.87. The van der Waals surface area contributed by atoms with Gasteiger partial charge in [0.1, 0.15) is 17.0 Å². The first-order chi connectivity index (χ1) is 16.0. The number of pyridine rings is 1. The fourth-order valence-electron chi connectivity index (χ4n) is 4.69. The molecule has 33 heavy (non-hydrogen) atoms. The molecule has 0 aliphatic heterocycles. The number of hydrogen-bond donors (Lipinski definition) is 4. The average Bonchev–Trinajstić information content (AvgIpc) is 3.40. The van der Waals surface area contributed by atoms with E-state index in [0.717, 1.165) is 23.0 Å². The Bertz CT molecular complexity index is 1370. The molecule has 2 aliphatic carbocycles. The first-order valence-electron chi connectivity index (χ1n) is 11.2. The molecule has 4 aromatic heterocycles. The molecular weight excluding hydrogens is 422 g/mol. The Balaban J connectivity index is 1.46. The van der Waals surface area contributed by atoms with Gasteiger partial charge in [-0.2, -0.15) is 9.61 Å². The van der Waals surface area contributed by atoms with Gasteiger partial charge < -0.3 is 25.4 Å². The number of hydrogen-bond acceptors (Lipinski definition) is 7. The van der Waals surface area contributed by atoms with E-state index in [1.54, 1.807) is 17.8 Å². The Hall–Kier alpha value is -3.50. The van der Waals surface area contributed by atoms with Crippen LogP contribution in [0.5, 0.6) is 0 Å². The Kier molecular flexibility index (Phi) is 4.59. The quantitative estimate of drug-likeness (QED) is 0.367. The SMILES string of the molecule is CNc1cc(-c2cn(C3CC(O)C3)c3ncccc23)nc2c(C(=O)NC3CC[C@H]3O)cnn12. The molecule has 0 bridgehead atoms. The van der Waals surface area contributed by atoms with Crippen LogP contribution in [0.1, 0.15) is 42.1 Å². The molecule has 2 fully saturated rings. The van der Waals surface area contributed by atoms with Crippen molar-refractivity contribution in [3.8, 4) is 11.3 Å². The first-order valence-corrected chi connectivity index (χ1v) is 11.2. The fraction of sp³-hybridized carbons (Fsp3) is 0.391. The van der Waals surface area contributed by atoms with E-state index in [1.165, 1.54) is 6.20 Å². The Morgan fingerprint density at radius 3 is 2.76 bits per heavy atom. The Morgan fingerprint density at radius 2 is 2.06 bits per heavy atom. The van der Waals surface area contributed by atoms with Crippen molar-refractivity contribution in [2.75, 3.05) is 12.4 Å². The highest BCUT2D eigenvalue weighted by Crippen LogP contribution is 2.38. The van der Waals surface area contributed by atoms with Gasteiger partial charge in [-0.3, -0.25) is 4.79 Å². The van der Waals surface area contributed by atoms with Crippen molar-refractivity contribution in [2.45, 2.75) is 50.0 Å². The van der Waals surface area contributed by atoms with Crippen LogP contribution >= 0.6 is 0 Å². The van der Waals surface area contributed by atoms with E-state index < -0.39 is 6.10 Å². The smallest absolute Gasteiger partial charge is 0.257 e. The second-order valence-electron chi connectivity index (χ2n) is 8.90. The molecule has 0 radical (unpaired) electrons. The molecule has 4 heterocycles. The van der Waals surface area contributed by atoms with Crippen LogP contribution in [0.25, 0.3) is 27.9 Å². The summed E-state index contributed by atoms with van der Waals surface area (Å²) >= 11 is 0. The minimum atomic E-state index is -0.504. The number of anilines is 1. The van der Waals surface area contributed by atoms with Crippen LogP contribution in [0.4, 0.5) is 5.82 Å². The molecule has 10 heteroatoms. The van der Waals surface area contributed by atoms with E-state index >= 15 is 0 Å². The van der Waals surface area contributed by atoms with Crippen LogP contribution in [0.15, 0.2) is 36.8 Å². The summed E-state index contributed by atoms with van der Waals surface area (Å²) in [4.78, 5) is 22.3. The Morgan fingerprint density at radius 1 is 1.21 bits per heavy atom. The van der Waals surface area contributed by atoms with Crippen LogP contribution < -0.4 is 10.6 Å². The number of rotatable bonds is 5. The Labute approximate surface area is 189 Å². The molecule has 170 valence electrons. The third kappa shape index (κ3) is 3.17. The molecule has 0 saturated heterocycles. The van der Waals surface area contributed by atoms with Gasteiger partial charge >= 0.3 is 0 Å². The zero-order valence-electron chi connectivity index (χ0n) is 18.1. The number of nitrogens with one attached hydrogen (secondary N) is 2. The normalized spacial score (nSPS) is 24.5. The van der Waals surface area contributed by atoms with Gasteiger partial charge in [-0.15, -0.1) is 0 Å². The number of carbonyl (C=O) groups is 1. The van der Waals surface area contributed by atoms with Gasteiger partial charge in [0.25, 0.3) is 5.91 Å². The average molecular weight is 447 g/mol. The lowest BCUT2D eigenvalue weighted by Gasteiger charge is -2.32. The van der Waals surface area contributed by atoms with Crippen LogP contribution in [0, 0.1) is 0 Å². The minimum absolute atomic E-state index is 0.198. The lowest BCUT2D eigenvalue weighted by atomic mass is 9.89. The van der Waals surface area contributed by atoms with Gasteiger partial charge in [0, 0.05) is 42.5 Å². The molecule has 6 rings (SSSR count). The molecule has 4 aromatic rings.